The van der Waals surface area contributed by atoms with Crippen molar-refractivity contribution in [2.45, 2.75) is 5.16 Å². The molecule has 0 saturated carbocycles. The number of rotatable bonds is 2. The predicted octanol–water partition coefficient (Wildman–Crippen LogP) is 2.16. The Morgan fingerprint density at radius 2 is 2.00 bits per heavy atom. The van der Waals surface area contributed by atoms with Crippen LogP contribution in [0.4, 0.5) is 0 Å². The number of aromatic nitrogens is 3. The summed E-state index contributed by atoms with van der Waals surface area (Å²) in [6.07, 6.45) is 1.51. The number of benzene rings is 1. The molecule has 0 N–H and O–H groups in total. The molecule has 19 heavy (non-hydrogen) atoms. The number of hydrogen-bond donors (Lipinski definition) is 0. The smallest absolute Gasteiger partial charge is 0.296 e. The number of halogens is 1. The van der Waals surface area contributed by atoms with E-state index >= 15 is 0 Å². The zero-order chi connectivity index (χ0) is 13.6. The first-order valence-corrected chi connectivity index (χ1v) is 7.60. The molecule has 2 aromatic heterocycles. The van der Waals surface area contributed by atoms with Crippen molar-refractivity contribution in [1.29, 1.82) is 0 Å². The first-order valence-electron chi connectivity index (χ1n) is 5.29. The third-order valence-electron chi connectivity index (χ3n) is 2.77. The maximum Gasteiger partial charge on any atom is 0.296 e. The van der Waals surface area contributed by atoms with Crippen LogP contribution in [0.1, 0.15) is 0 Å². The zero-order valence-corrected chi connectivity index (χ0v) is 11.3. The molecular weight excluding hydrogens is 290 g/mol. The number of furan rings is 1. The molecule has 0 atom stereocenters. The normalized spacial score (nSPS) is 12.1. The van der Waals surface area contributed by atoms with Crippen molar-refractivity contribution in [2.24, 2.45) is 7.05 Å². The summed E-state index contributed by atoms with van der Waals surface area (Å²) in [6, 6.07) is 7.38. The Morgan fingerprint density at radius 3 is 2.68 bits per heavy atom. The number of fused-ring (bicyclic) bond motifs is 1. The fraction of sp³-hybridized carbons (Fsp3) is 0.0909. The Labute approximate surface area is 113 Å². The van der Waals surface area contributed by atoms with Gasteiger partial charge in [-0.05, 0) is 6.07 Å². The maximum atomic E-state index is 11.3. The van der Waals surface area contributed by atoms with Crippen molar-refractivity contribution in [3.8, 4) is 11.4 Å². The monoisotopic (exact) mass is 297 g/mol. The van der Waals surface area contributed by atoms with Gasteiger partial charge >= 0.3 is 0 Å². The standard InChI is InChI=1S/C11H8ClN3O3S/c1-15-10(13-14-11(15)19(12,16)17)8-6-18-9-5-3-2-4-7(8)9/h2-6H,1H3. The van der Waals surface area contributed by atoms with Crippen LogP contribution in [-0.2, 0) is 16.1 Å². The van der Waals surface area contributed by atoms with Crippen molar-refractivity contribution in [3.63, 3.8) is 0 Å². The second-order valence-corrected chi connectivity index (χ2v) is 6.41. The van der Waals surface area contributed by atoms with E-state index in [1.165, 1.54) is 17.9 Å². The van der Waals surface area contributed by atoms with Crippen LogP contribution in [0.15, 0.2) is 40.1 Å². The molecule has 0 aliphatic carbocycles. The van der Waals surface area contributed by atoms with Crippen molar-refractivity contribution in [2.75, 3.05) is 0 Å². The molecule has 0 saturated heterocycles. The summed E-state index contributed by atoms with van der Waals surface area (Å²) in [7, 11) is 2.89. The Kier molecular flexibility index (Phi) is 2.61. The van der Waals surface area contributed by atoms with Crippen molar-refractivity contribution in [3.05, 3.63) is 30.5 Å². The molecule has 0 aliphatic heterocycles. The van der Waals surface area contributed by atoms with Gasteiger partial charge in [0.1, 0.15) is 11.8 Å². The molecule has 6 nitrogen and oxygen atoms in total. The predicted molar refractivity (Wildman–Crippen MR) is 69.2 cm³/mol. The maximum absolute atomic E-state index is 11.3. The topological polar surface area (TPSA) is 78.0 Å². The first-order chi connectivity index (χ1) is 8.98. The molecule has 0 aliphatic rings. The molecule has 8 heteroatoms. The molecule has 98 valence electrons. The Balaban J connectivity index is 2.26. The Hall–Kier alpha value is -1.86. The SMILES string of the molecule is Cn1c(-c2coc3ccccc23)nnc1S(=O)(=O)Cl. The van der Waals surface area contributed by atoms with Crippen LogP contribution in [0.2, 0.25) is 0 Å². The molecule has 0 fully saturated rings. The lowest BCUT2D eigenvalue weighted by Crippen LogP contribution is -2.02. The summed E-state index contributed by atoms with van der Waals surface area (Å²) in [6.45, 7) is 0. The lowest BCUT2D eigenvalue weighted by Gasteiger charge is -1.99. The highest BCUT2D eigenvalue weighted by molar-refractivity contribution is 8.13. The Bertz CT molecular complexity index is 866. The minimum atomic E-state index is -3.93. The lowest BCUT2D eigenvalue weighted by atomic mass is 10.2. The van der Waals surface area contributed by atoms with Gasteiger partial charge in [-0.1, -0.05) is 18.2 Å². The molecule has 3 rings (SSSR count). The highest BCUT2D eigenvalue weighted by Crippen LogP contribution is 2.30. The van der Waals surface area contributed by atoms with Crippen molar-refractivity contribution in [1.82, 2.24) is 14.8 Å². The van der Waals surface area contributed by atoms with E-state index in [9.17, 15) is 8.42 Å². The molecule has 3 aromatic rings. The van der Waals surface area contributed by atoms with Gasteiger partial charge in [-0.3, -0.25) is 4.57 Å². The molecule has 0 spiro atoms. The van der Waals surface area contributed by atoms with Gasteiger partial charge in [0.2, 0.25) is 0 Å². The summed E-state index contributed by atoms with van der Waals surface area (Å²) in [5.41, 5.74) is 1.35. The molecule has 0 amide bonds. The average molecular weight is 298 g/mol. The molecule has 1 aromatic carbocycles. The first kappa shape index (κ1) is 12.2. The van der Waals surface area contributed by atoms with Crippen LogP contribution in [0.3, 0.4) is 0 Å². The average Bonchev–Trinajstić information content (AvgIpc) is 2.91. The van der Waals surface area contributed by atoms with Crippen LogP contribution in [0.5, 0.6) is 0 Å². The van der Waals surface area contributed by atoms with E-state index in [1.807, 2.05) is 24.3 Å². The summed E-state index contributed by atoms with van der Waals surface area (Å²) >= 11 is 0. The van der Waals surface area contributed by atoms with Crippen LogP contribution >= 0.6 is 10.7 Å². The van der Waals surface area contributed by atoms with Crippen molar-refractivity contribution < 1.29 is 12.8 Å². The van der Waals surface area contributed by atoms with Gasteiger partial charge in [-0.25, -0.2) is 8.42 Å². The minimum absolute atomic E-state index is 0.297. The Morgan fingerprint density at radius 1 is 1.26 bits per heavy atom. The van der Waals surface area contributed by atoms with Gasteiger partial charge in [0, 0.05) is 23.1 Å². The van der Waals surface area contributed by atoms with E-state index in [4.69, 9.17) is 15.1 Å². The van der Waals surface area contributed by atoms with E-state index in [0.717, 1.165) is 5.39 Å². The highest BCUT2D eigenvalue weighted by Gasteiger charge is 2.22. The number of nitrogens with zero attached hydrogens (tertiary/aromatic N) is 3. The molecule has 0 bridgehead atoms. The van der Waals surface area contributed by atoms with Gasteiger partial charge in [0.25, 0.3) is 14.2 Å². The number of hydrogen-bond acceptors (Lipinski definition) is 5. The van der Waals surface area contributed by atoms with E-state index in [1.54, 1.807) is 0 Å². The summed E-state index contributed by atoms with van der Waals surface area (Å²) in [4.78, 5) is 0. The van der Waals surface area contributed by atoms with E-state index < -0.39 is 9.05 Å². The fourth-order valence-electron chi connectivity index (χ4n) is 1.91. The van der Waals surface area contributed by atoms with Gasteiger partial charge in [-0.15, -0.1) is 10.2 Å². The van der Waals surface area contributed by atoms with Gasteiger partial charge in [0.05, 0.1) is 5.56 Å². The number of para-hydroxylation sites is 1. The third-order valence-corrected chi connectivity index (χ3v) is 3.98. The summed E-state index contributed by atoms with van der Waals surface area (Å²) in [5, 5.41) is 8.00. The molecular formula is C11H8ClN3O3S. The molecule has 0 radical (unpaired) electrons. The second-order valence-electron chi connectivity index (χ2n) is 3.95. The summed E-state index contributed by atoms with van der Waals surface area (Å²) < 4.78 is 29.3. The quantitative estimate of drug-likeness (QED) is 0.677. The lowest BCUT2D eigenvalue weighted by molar-refractivity contribution is 0.592. The van der Waals surface area contributed by atoms with Gasteiger partial charge in [-0.2, -0.15) is 0 Å². The van der Waals surface area contributed by atoms with Crippen LogP contribution in [0, 0.1) is 0 Å². The molecule has 2 heterocycles. The summed E-state index contributed by atoms with van der Waals surface area (Å²) in [5.74, 6) is 0.379. The van der Waals surface area contributed by atoms with Crippen LogP contribution in [0.25, 0.3) is 22.4 Å². The third kappa shape index (κ3) is 1.91. The molecule has 0 unspecified atom stereocenters. The fourth-order valence-corrected chi connectivity index (χ4v) is 2.87. The van der Waals surface area contributed by atoms with E-state index in [-0.39, 0.29) is 5.16 Å². The zero-order valence-electron chi connectivity index (χ0n) is 9.74. The highest BCUT2D eigenvalue weighted by atomic mass is 35.7. The van der Waals surface area contributed by atoms with E-state index in [0.29, 0.717) is 17.0 Å². The van der Waals surface area contributed by atoms with E-state index in [2.05, 4.69) is 10.2 Å². The van der Waals surface area contributed by atoms with Gasteiger partial charge in [0.15, 0.2) is 5.82 Å². The van der Waals surface area contributed by atoms with Crippen molar-refractivity contribution >= 4 is 30.7 Å². The van der Waals surface area contributed by atoms with Crippen LogP contribution < -0.4 is 0 Å². The largest absolute Gasteiger partial charge is 0.464 e. The second kappa shape index (κ2) is 4.07. The minimum Gasteiger partial charge on any atom is -0.464 e. The van der Waals surface area contributed by atoms with Crippen LogP contribution in [-0.4, -0.2) is 23.2 Å². The van der Waals surface area contributed by atoms with Gasteiger partial charge < -0.3 is 4.42 Å².